The molecule has 3 aromatic rings. The lowest BCUT2D eigenvalue weighted by atomic mass is 10.1. The Bertz CT molecular complexity index is 1160. The van der Waals surface area contributed by atoms with E-state index in [9.17, 15) is 32.8 Å². The molecule has 0 radical (unpaired) electrons. The van der Waals surface area contributed by atoms with Gasteiger partial charge >= 0.3 is 6.36 Å². The first-order valence-corrected chi connectivity index (χ1v) is 9.37. The van der Waals surface area contributed by atoms with Gasteiger partial charge in [0.25, 0.3) is 5.69 Å². The van der Waals surface area contributed by atoms with Gasteiger partial charge in [-0.05, 0) is 31.2 Å². The van der Waals surface area contributed by atoms with Gasteiger partial charge in [-0.25, -0.2) is 9.37 Å². The highest BCUT2D eigenvalue weighted by molar-refractivity contribution is 5.72. The first-order chi connectivity index (χ1) is 15.5. The summed E-state index contributed by atoms with van der Waals surface area (Å²) in [5.74, 6) is -1.26. The predicted molar refractivity (Wildman–Crippen MR) is 111 cm³/mol. The number of aromatic nitrogens is 2. The Morgan fingerprint density at radius 3 is 2.61 bits per heavy atom. The standard InChI is InChI=1S/C20H17F4N5O4/c1-11(10-30)25-19-27-16(12-3-2-4-14(7-12)33-20(22,23)24)9-18(28-19)26-15-6-5-13(21)8-17(15)29(31)32/h2-9,11,30H,10H2,1H3,(H2,25,26,27,28)/t11-/m0/s1. The van der Waals surface area contributed by atoms with Crippen molar-refractivity contribution in [3.63, 3.8) is 0 Å². The summed E-state index contributed by atoms with van der Waals surface area (Å²) >= 11 is 0. The molecule has 0 unspecified atom stereocenters. The zero-order valence-electron chi connectivity index (χ0n) is 16.9. The van der Waals surface area contributed by atoms with Crippen LogP contribution in [0.25, 0.3) is 11.3 Å². The van der Waals surface area contributed by atoms with Crippen LogP contribution in [0.4, 0.5) is 40.7 Å². The number of hydrogen-bond acceptors (Lipinski definition) is 8. The van der Waals surface area contributed by atoms with E-state index in [1.807, 2.05) is 0 Å². The molecule has 0 aliphatic carbocycles. The molecule has 0 saturated heterocycles. The number of benzene rings is 2. The van der Waals surface area contributed by atoms with Crippen LogP contribution in [0.3, 0.4) is 0 Å². The second-order valence-electron chi connectivity index (χ2n) is 6.81. The van der Waals surface area contributed by atoms with E-state index in [0.717, 1.165) is 30.3 Å². The predicted octanol–water partition coefficient (Wildman–Crippen LogP) is 4.63. The molecule has 174 valence electrons. The fourth-order valence-corrected chi connectivity index (χ4v) is 2.74. The number of anilines is 3. The van der Waals surface area contributed by atoms with E-state index in [1.54, 1.807) is 6.92 Å². The molecular weight excluding hydrogens is 450 g/mol. The number of hydrogen-bond donors (Lipinski definition) is 3. The molecule has 1 aromatic heterocycles. The van der Waals surface area contributed by atoms with Gasteiger partial charge in [0.15, 0.2) is 0 Å². The van der Waals surface area contributed by atoms with Crippen molar-refractivity contribution in [3.8, 4) is 17.0 Å². The Balaban J connectivity index is 2.04. The van der Waals surface area contributed by atoms with E-state index in [4.69, 9.17) is 0 Å². The van der Waals surface area contributed by atoms with E-state index >= 15 is 0 Å². The fraction of sp³-hybridized carbons (Fsp3) is 0.200. The number of nitro groups is 1. The molecule has 9 nitrogen and oxygen atoms in total. The van der Waals surface area contributed by atoms with Crippen molar-refractivity contribution in [1.82, 2.24) is 9.97 Å². The van der Waals surface area contributed by atoms with E-state index in [1.165, 1.54) is 18.2 Å². The molecule has 0 bridgehead atoms. The first-order valence-electron chi connectivity index (χ1n) is 9.37. The molecule has 3 N–H and O–H groups in total. The summed E-state index contributed by atoms with van der Waals surface area (Å²) in [6, 6.07) is 8.80. The Labute approximate surface area is 184 Å². The Morgan fingerprint density at radius 2 is 1.94 bits per heavy atom. The van der Waals surface area contributed by atoms with E-state index < -0.39 is 34.6 Å². The quantitative estimate of drug-likeness (QED) is 0.249. The monoisotopic (exact) mass is 467 g/mol. The third-order valence-electron chi connectivity index (χ3n) is 4.16. The van der Waals surface area contributed by atoms with Crippen molar-refractivity contribution in [3.05, 3.63) is 64.5 Å². The van der Waals surface area contributed by atoms with Crippen molar-refractivity contribution in [2.45, 2.75) is 19.3 Å². The van der Waals surface area contributed by atoms with Crippen molar-refractivity contribution in [1.29, 1.82) is 0 Å². The van der Waals surface area contributed by atoms with Crippen molar-refractivity contribution in [2.75, 3.05) is 17.2 Å². The van der Waals surface area contributed by atoms with Crippen LogP contribution in [0, 0.1) is 15.9 Å². The molecule has 2 aromatic carbocycles. The number of alkyl halides is 3. The van der Waals surface area contributed by atoms with Crippen LogP contribution in [0.2, 0.25) is 0 Å². The summed E-state index contributed by atoms with van der Waals surface area (Å²) < 4.78 is 55.1. The van der Waals surface area contributed by atoms with E-state index in [0.29, 0.717) is 0 Å². The van der Waals surface area contributed by atoms with Crippen LogP contribution in [0.1, 0.15) is 6.92 Å². The third-order valence-corrected chi connectivity index (χ3v) is 4.16. The summed E-state index contributed by atoms with van der Waals surface area (Å²) in [6.45, 7) is 1.36. The smallest absolute Gasteiger partial charge is 0.406 e. The van der Waals surface area contributed by atoms with Crippen LogP contribution < -0.4 is 15.4 Å². The Hall–Kier alpha value is -4.00. The van der Waals surface area contributed by atoms with Gasteiger partial charge in [-0.15, -0.1) is 13.2 Å². The van der Waals surface area contributed by atoms with Crippen molar-refractivity contribution in [2.24, 2.45) is 0 Å². The number of ether oxygens (including phenoxy) is 1. The van der Waals surface area contributed by atoms with Crippen LogP contribution in [0.5, 0.6) is 5.75 Å². The molecule has 3 rings (SSSR count). The minimum atomic E-state index is -4.89. The number of rotatable bonds is 8. The lowest BCUT2D eigenvalue weighted by Crippen LogP contribution is -2.21. The maximum atomic E-state index is 13.5. The average molecular weight is 467 g/mol. The molecule has 0 fully saturated rings. The molecule has 1 heterocycles. The van der Waals surface area contributed by atoms with Gasteiger partial charge in [0, 0.05) is 17.7 Å². The lowest BCUT2D eigenvalue weighted by Gasteiger charge is -2.15. The molecule has 0 spiro atoms. The highest BCUT2D eigenvalue weighted by Gasteiger charge is 2.31. The van der Waals surface area contributed by atoms with Gasteiger partial charge in [0.05, 0.1) is 23.3 Å². The van der Waals surface area contributed by atoms with Gasteiger partial charge in [0.1, 0.15) is 23.1 Å². The van der Waals surface area contributed by atoms with E-state index in [-0.39, 0.29) is 35.3 Å². The number of aliphatic hydroxyl groups excluding tert-OH is 1. The average Bonchev–Trinajstić information content (AvgIpc) is 2.73. The van der Waals surface area contributed by atoms with Gasteiger partial charge in [-0.2, -0.15) is 4.98 Å². The Kier molecular flexibility index (Phi) is 6.92. The summed E-state index contributed by atoms with van der Waals surface area (Å²) in [4.78, 5) is 18.9. The summed E-state index contributed by atoms with van der Waals surface area (Å²) in [5, 5.41) is 26.1. The summed E-state index contributed by atoms with van der Waals surface area (Å²) in [5.41, 5.74) is -0.233. The first kappa shape index (κ1) is 23.7. The molecule has 0 amide bonds. The largest absolute Gasteiger partial charge is 0.573 e. The van der Waals surface area contributed by atoms with Crippen LogP contribution in [-0.4, -0.2) is 39.0 Å². The minimum absolute atomic E-state index is 0.0107. The number of nitro benzene ring substituents is 1. The second kappa shape index (κ2) is 9.65. The number of nitrogens with one attached hydrogen (secondary N) is 2. The highest BCUT2D eigenvalue weighted by atomic mass is 19.4. The lowest BCUT2D eigenvalue weighted by molar-refractivity contribution is -0.384. The number of aliphatic hydroxyl groups is 1. The van der Waals surface area contributed by atoms with Gasteiger partial charge < -0.3 is 20.5 Å². The molecule has 13 heteroatoms. The van der Waals surface area contributed by atoms with Crippen molar-refractivity contribution < 1.29 is 32.3 Å². The SMILES string of the molecule is C[C@@H](CO)Nc1nc(Nc2ccc(F)cc2[N+](=O)[O-])cc(-c2cccc(OC(F)(F)F)c2)n1. The number of nitrogens with zero attached hydrogens (tertiary/aromatic N) is 3. The Morgan fingerprint density at radius 1 is 1.18 bits per heavy atom. The second-order valence-corrected chi connectivity index (χ2v) is 6.81. The molecule has 1 atom stereocenters. The van der Waals surface area contributed by atoms with Crippen LogP contribution >= 0.6 is 0 Å². The molecule has 0 saturated carbocycles. The van der Waals surface area contributed by atoms with Gasteiger partial charge in [-0.1, -0.05) is 12.1 Å². The topological polar surface area (TPSA) is 122 Å². The zero-order valence-corrected chi connectivity index (χ0v) is 16.9. The maximum absolute atomic E-state index is 13.5. The van der Waals surface area contributed by atoms with Crippen molar-refractivity contribution >= 4 is 23.1 Å². The van der Waals surface area contributed by atoms with Crippen LogP contribution in [0.15, 0.2) is 48.5 Å². The molecular formula is C20H17F4N5O4. The fourth-order valence-electron chi connectivity index (χ4n) is 2.74. The molecule has 0 aliphatic heterocycles. The summed E-state index contributed by atoms with van der Waals surface area (Å²) in [7, 11) is 0. The van der Waals surface area contributed by atoms with E-state index in [2.05, 4.69) is 25.3 Å². The third kappa shape index (κ3) is 6.49. The number of halogens is 4. The van der Waals surface area contributed by atoms with Crippen LogP contribution in [-0.2, 0) is 0 Å². The van der Waals surface area contributed by atoms with Gasteiger partial charge in [-0.3, -0.25) is 10.1 Å². The maximum Gasteiger partial charge on any atom is 0.573 e. The molecule has 0 aliphatic rings. The normalized spacial score (nSPS) is 12.2. The minimum Gasteiger partial charge on any atom is -0.406 e. The molecule has 33 heavy (non-hydrogen) atoms. The van der Waals surface area contributed by atoms with Gasteiger partial charge in [0.2, 0.25) is 5.95 Å². The highest BCUT2D eigenvalue weighted by Crippen LogP contribution is 2.31. The zero-order chi connectivity index (χ0) is 24.2. The summed E-state index contributed by atoms with van der Waals surface area (Å²) in [6.07, 6.45) is -4.89.